The van der Waals surface area contributed by atoms with Gasteiger partial charge in [0.2, 0.25) is 0 Å². The minimum Gasteiger partial charge on any atom is -0.480 e. The van der Waals surface area contributed by atoms with Crippen molar-refractivity contribution in [2.75, 3.05) is 7.05 Å². The molecule has 0 bridgehead atoms. The first-order valence-corrected chi connectivity index (χ1v) is 8.82. The van der Waals surface area contributed by atoms with Crippen molar-refractivity contribution in [1.82, 2.24) is 15.2 Å². The molecule has 7 heteroatoms. The molecular formula is C16H27N3O3S. The molecule has 1 unspecified atom stereocenters. The topological polar surface area (TPSA) is 82.5 Å². The molecule has 0 saturated heterocycles. The Morgan fingerprint density at radius 1 is 1.39 bits per heavy atom. The van der Waals surface area contributed by atoms with Crippen LogP contribution in [-0.4, -0.2) is 40.1 Å². The second-order valence-electron chi connectivity index (χ2n) is 6.23. The molecule has 2 atom stereocenters. The highest BCUT2D eigenvalue weighted by Gasteiger charge is 2.25. The lowest BCUT2D eigenvalue weighted by Gasteiger charge is -2.22. The van der Waals surface area contributed by atoms with E-state index in [2.05, 4.69) is 24.1 Å². The van der Waals surface area contributed by atoms with Crippen molar-refractivity contribution < 1.29 is 14.7 Å². The van der Waals surface area contributed by atoms with Crippen molar-refractivity contribution >= 4 is 23.3 Å². The van der Waals surface area contributed by atoms with Crippen molar-refractivity contribution in [1.29, 1.82) is 0 Å². The first-order chi connectivity index (χ1) is 10.8. The number of urea groups is 1. The third kappa shape index (κ3) is 5.82. The van der Waals surface area contributed by atoms with Gasteiger partial charge in [-0.25, -0.2) is 14.6 Å². The number of rotatable bonds is 8. The molecule has 1 rings (SSSR count). The summed E-state index contributed by atoms with van der Waals surface area (Å²) in [6.45, 7) is 8.20. The van der Waals surface area contributed by atoms with Gasteiger partial charge in [0, 0.05) is 18.3 Å². The van der Waals surface area contributed by atoms with Crippen molar-refractivity contribution in [3.63, 3.8) is 0 Å². The zero-order valence-corrected chi connectivity index (χ0v) is 15.3. The highest BCUT2D eigenvalue weighted by Crippen LogP contribution is 2.24. The molecule has 1 aromatic rings. The Labute approximate surface area is 141 Å². The first-order valence-electron chi connectivity index (χ1n) is 7.94. The lowest BCUT2D eigenvalue weighted by molar-refractivity contribution is -0.140. The van der Waals surface area contributed by atoms with E-state index in [1.165, 1.54) is 4.90 Å². The molecule has 0 aromatic carbocycles. The standard InChI is InChI=1S/C16H27N3O3S/c1-6-7-11(4)14-17-12(9-23-14)8-19(5)16(22)18-13(10(2)3)15(20)21/h9-11,13H,6-8H2,1-5H3,(H,18,22)(H,20,21)/t11?,13-/m0/s1. The molecule has 2 N–H and O–H groups in total. The number of carbonyl (C=O) groups is 2. The SMILES string of the molecule is CCCC(C)c1nc(CN(C)C(=O)N[C@H](C(=O)O)C(C)C)cs1. The Morgan fingerprint density at radius 2 is 2.04 bits per heavy atom. The Balaban J connectivity index is 2.63. The molecule has 130 valence electrons. The lowest BCUT2D eigenvalue weighted by atomic mass is 10.1. The van der Waals surface area contributed by atoms with Crippen LogP contribution in [0.15, 0.2) is 5.38 Å². The fraction of sp³-hybridized carbons (Fsp3) is 0.688. The molecule has 2 amide bonds. The molecule has 0 fully saturated rings. The summed E-state index contributed by atoms with van der Waals surface area (Å²) in [4.78, 5) is 29.3. The Bertz CT molecular complexity index is 530. The van der Waals surface area contributed by atoms with Gasteiger partial charge in [-0.05, 0) is 12.3 Å². The largest absolute Gasteiger partial charge is 0.480 e. The van der Waals surface area contributed by atoms with E-state index < -0.39 is 18.0 Å². The van der Waals surface area contributed by atoms with Gasteiger partial charge in [0.15, 0.2) is 0 Å². The molecule has 0 saturated carbocycles. The van der Waals surface area contributed by atoms with Crippen LogP contribution in [0.5, 0.6) is 0 Å². The Kier molecular flexibility index (Phi) is 7.48. The number of aromatic nitrogens is 1. The number of nitrogens with one attached hydrogen (secondary N) is 1. The Morgan fingerprint density at radius 3 is 2.57 bits per heavy atom. The summed E-state index contributed by atoms with van der Waals surface area (Å²) >= 11 is 1.61. The molecule has 23 heavy (non-hydrogen) atoms. The van der Waals surface area contributed by atoms with Crippen molar-refractivity contribution in [3.05, 3.63) is 16.1 Å². The quantitative estimate of drug-likeness (QED) is 0.760. The molecule has 1 heterocycles. The van der Waals surface area contributed by atoms with E-state index in [1.807, 2.05) is 5.38 Å². The maximum atomic E-state index is 12.1. The molecule has 1 aromatic heterocycles. The van der Waals surface area contributed by atoms with Crippen LogP contribution in [0.2, 0.25) is 0 Å². The summed E-state index contributed by atoms with van der Waals surface area (Å²) in [5.41, 5.74) is 0.835. The van der Waals surface area contributed by atoms with Crippen LogP contribution < -0.4 is 5.32 Å². The second kappa shape index (κ2) is 8.86. The summed E-state index contributed by atoms with van der Waals surface area (Å²) in [5, 5.41) is 14.7. The summed E-state index contributed by atoms with van der Waals surface area (Å²) < 4.78 is 0. The van der Waals surface area contributed by atoms with Crippen LogP contribution in [0, 0.1) is 5.92 Å². The van der Waals surface area contributed by atoms with Crippen LogP contribution >= 0.6 is 11.3 Å². The van der Waals surface area contributed by atoms with Crippen molar-refractivity contribution in [2.24, 2.45) is 5.92 Å². The normalized spacial score (nSPS) is 13.7. The average molecular weight is 341 g/mol. The van der Waals surface area contributed by atoms with E-state index in [9.17, 15) is 9.59 Å². The fourth-order valence-electron chi connectivity index (χ4n) is 2.25. The smallest absolute Gasteiger partial charge is 0.326 e. The molecule has 0 aliphatic carbocycles. The lowest BCUT2D eigenvalue weighted by Crippen LogP contribution is -2.48. The van der Waals surface area contributed by atoms with Gasteiger partial charge in [-0.2, -0.15) is 0 Å². The molecule has 0 aliphatic rings. The highest BCUT2D eigenvalue weighted by molar-refractivity contribution is 7.09. The summed E-state index contributed by atoms with van der Waals surface area (Å²) in [6.07, 6.45) is 2.21. The van der Waals surface area contributed by atoms with E-state index >= 15 is 0 Å². The third-order valence-electron chi connectivity index (χ3n) is 3.67. The average Bonchev–Trinajstić information content (AvgIpc) is 2.92. The number of nitrogens with zero attached hydrogens (tertiary/aromatic N) is 2. The summed E-state index contributed by atoms with van der Waals surface area (Å²) in [7, 11) is 1.64. The predicted molar refractivity (Wildman–Crippen MR) is 91.7 cm³/mol. The van der Waals surface area contributed by atoms with Crippen molar-refractivity contribution in [2.45, 2.75) is 59.0 Å². The number of carboxylic acids is 1. The van der Waals surface area contributed by atoms with Gasteiger partial charge < -0.3 is 15.3 Å². The van der Waals surface area contributed by atoms with Gasteiger partial charge in [-0.3, -0.25) is 0 Å². The van der Waals surface area contributed by atoms with Crippen LogP contribution in [-0.2, 0) is 11.3 Å². The number of hydrogen-bond acceptors (Lipinski definition) is 4. The van der Waals surface area contributed by atoms with E-state index in [4.69, 9.17) is 5.11 Å². The first kappa shape index (κ1) is 19.4. The van der Waals surface area contributed by atoms with Crippen molar-refractivity contribution in [3.8, 4) is 0 Å². The summed E-state index contributed by atoms with van der Waals surface area (Å²) in [6, 6.07) is -1.29. The second-order valence-corrected chi connectivity index (χ2v) is 7.12. The van der Waals surface area contributed by atoms with E-state index in [0.717, 1.165) is 23.5 Å². The van der Waals surface area contributed by atoms with Gasteiger partial charge >= 0.3 is 12.0 Å². The maximum Gasteiger partial charge on any atom is 0.326 e. The van der Waals surface area contributed by atoms with Gasteiger partial charge in [0.05, 0.1) is 17.2 Å². The van der Waals surface area contributed by atoms with Crippen LogP contribution in [0.25, 0.3) is 0 Å². The fourth-order valence-corrected chi connectivity index (χ4v) is 3.15. The summed E-state index contributed by atoms with van der Waals surface area (Å²) in [5.74, 6) is -0.771. The highest BCUT2D eigenvalue weighted by atomic mass is 32.1. The number of carbonyl (C=O) groups excluding carboxylic acids is 1. The zero-order chi connectivity index (χ0) is 17.6. The van der Waals surface area contributed by atoms with E-state index in [-0.39, 0.29) is 5.92 Å². The molecule has 0 spiro atoms. The Hall–Kier alpha value is -1.63. The third-order valence-corrected chi connectivity index (χ3v) is 4.80. The van der Waals surface area contributed by atoms with Gasteiger partial charge in [0.1, 0.15) is 6.04 Å². The maximum absolute atomic E-state index is 12.1. The minimum atomic E-state index is -1.02. The number of amides is 2. The number of carboxylic acid groups (broad SMARTS) is 1. The van der Waals surface area contributed by atoms with E-state index in [1.54, 1.807) is 32.2 Å². The van der Waals surface area contributed by atoms with Gasteiger partial charge in [-0.15, -0.1) is 11.3 Å². The zero-order valence-electron chi connectivity index (χ0n) is 14.5. The van der Waals surface area contributed by atoms with Gasteiger partial charge in [0.25, 0.3) is 0 Å². The molecule has 6 nitrogen and oxygen atoms in total. The van der Waals surface area contributed by atoms with Gasteiger partial charge in [-0.1, -0.05) is 34.1 Å². The predicted octanol–water partition coefficient (Wildman–Crippen LogP) is 3.30. The molecular weight excluding hydrogens is 314 g/mol. The minimum absolute atomic E-state index is 0.175. The van der Waals surface area contributed by atoms with E-state index in [0.29, 0.717) is 12.5 Å². The number of aliphatic carboxylic acids is 1. The van der Waals surface area contributed by atoms with Crippen LogP contribution in [0.4, 0.5) is 4.79 Å². The van der Waals surface area contributed by atoms with Crippen LogP contribution in [0.1, 0.15) is 57.2 Å². The van der Waals surface area contributed by atoms with Crippen LogP contribution in [0.3, 0.4) is 0 Å². The monoisotopic (exact) mass is 341 g/mol. The molecule has 0 aliphatic heterocycles. The number of hydrogen-bond donors (Lipinski definition) is 2. The number of thiazole rings is 1. The molecule has 0 radical (unpaired) electrons.